The minimum absolute atomic E-state index is 0.0527. The summed E-state index contributed by atoms with van der Waals surface area (Å²) < 4.78 is 0. The van der Waals surface area contributed by atoms with Gasteiger partial charge in [-0.05, 0) is 36.8 Å². The van der Waals surface area contributed by atoms with Crippen LogP contribution < -0.4 is 0 Å². The van der Waals surface area contributed by atoms with Crippen LogP contribution in [0.5, 0.6) is 11.5 Å². The van der Waals surface area contributed by atoms with Crippen LogP contribution in [0.25, 0.3) is 0 Å². The van der Waals surface area contributed by atoms with E-state index in [9.17, 15) is 15.0 Å². The fourth-order valence-electron chi connectivity index (χ4n) is 2.36. The molecule has 1 heterocycles. The normalized spacial score (nSPS) is 16.8. The van der Waals surface area contributed by atoms with Gasteiger partial charge in [0.05, 0.1) is 0 Å². The number of amides is 1. The zero-order valence-electron chi connectivity index (χ0n) is 10.0. The number of rotatable bonds is 2. The molecule has 0 radical (unpaired) electrons. The maximum absolute atomic E-state index is 10.8. The van der Waals surface area contributed by atoms with Crippen LogP contribution in [0.4, 0.5) is 4.79 Å². The van der Waals surface area contributed by atoms with Crippen molar-refractivity contribution >= 4 is 6.09 Å². The molecule has 1 aromatic rings. The highest BCUT2D eigenvalue weighted by molar-refractivity contribution is 5.65. The molecule has 5 heteroatoms. The Bertz CT molecular complexity index is 439. The molecule has 1 saturated heterocycles. The lowest BCUT2D eigenvalue weighted by Crippen LogP contribution is -2.37. The molecule has 3 N–H and O–H groups in total. The van der Waals surface area contributed by atoms with Crippen molar-refractivity contribution in [3.05, 3.63) is 23.8 Å². The number of hydrogen-bond acceptors (Lipinski definition) is 3. The summed E-state index contributed by atoms with van der Waals surface area (Å²) >= 11 is 0. The van der Waals surface area contributed by atoms with Gasteiger partial charge >= 0.3 is 6.09 Å². The average Bonchev–Trinajstić information content (AvgIpc) is 2.33. The number of likely N-dealkylation sites (tertiary alicyclic amines) is 1. The summed E-state index contributed by atoms with van der Waals surface area (Å²) in [4.78, 5) is 12.2. The van der Waals surface area contributed by atoms with Crippen molar-refractivity contribution in [2.24, 2.45) is 5.92 Å². The SMILES string of the molecule is O=C(O)N1CCC(Cc2ccc(O)cc2O)CC1. The predicted octanol–water partition coefficient (Wildman–Crippen LogP) is 2.03. The van der Waals surface area contributed by atoms with Gasteiger partial charge in [-0.15, -0.1) is 0 Å². The highest BCUT2D eigenvalue weighted by Crippen LogP contribution is 2.28. The number of carboxylic acid groups (broad SMARTS) is 1. The van der Waals surface area contributed by atoms with Gasteiger partial charge in [-0.25, -0.2) is 4.79 Å². The second-order valence-corrected chi connectivity index (χ2v) is 4.73. The topological polar surface area (TPSA) is 81.0 Å². The first-order valence-corrected chi connectivity index (χ1v) is 6.05. The lowest BCUT2D eigenvalue weighted by molar-refractivity contribution is 0.124. The van der Waals surface area contributed by atoms with E-state index in [4.69, 9.17) is 5.11 Å². The smallest absolute Gasteiger partial charge is 0.407 e. The van der Waals surface area contributed by atoms with Gasteiger partial charge in [0.15, 0.2) is 0 Å². The minimum Gasteiger partial charge on any atom is -0.508 e. The third-order valence-electron chi connectivity index (χ3n) is 3.46. The Morgan fingerprint density at radius 1 is 1.28 bits per heavy atom. The molecular weight excluding hydrogens is 234 g/mol. The Balaban J connectivity index is 1.93. The van der Waals surface area contributed by atoms with Crippen molar-refractivity contribution in [1.82, 2.24) is 4.90 Å². The summed E-state index contributed by atoms with van der Waals surface area (Å²) in [5.41, 5.74) is 0.807. The molecule has 5 nitrogen and oxygen atoms in total. The summed E-state index contributed by atoms with van der Waals surface area (Å²) in [5, 5.41) is 27.8. The lowest BCUT2D eigenvalue weighted by atomic mass is 9.90. The lowest BCUT2D eigenvalue weighted by Gasteiger charge is -2.30. The fraction of sp³-hybridized carbons (Fsp3) is 0.462. The molecule has 1 amide bonds. The molecule has 0 aliphatic carbocycles. The average molecular weight is 251 g/mol. The van der Waals surface area contributed by atoms with Crippen molar-refractivity contribution in [3.8, 4) is 11.5 Å². The summed E-state index contributed by atoms with van der Waals surface area (Å²) in [5.74, 6) is 0.545. The van der Waals surface area contributed by atoms with Gasteiger partial charge < -0.3 is 20.2 Å². The molecule has 1 fully saturated rings. The third-order valence-corrected chi connectivity index (χ3v) is 3.46. The first kappa shape index (κ1) is 12.5. The van der Waals surface area contributed by atoms with Crippen LogP contribution in [0.1, 0.15) is 18.4 Å². The molecular formula is C13H17NO4. The van der Waals surface area contributed by atoms with E-state index in [0.29, 0.717) is 19.0 Å². The Morgan fingerprint density at radius 3 is 2.50 bits per heavy atom. The molecule has 0 spiro atoms. The summed E-state index contributed by atoms with van der Waals surface area (Å²) in [6.07, 6.45) is 1.49. The van der Waals surface area contributed by atoms with Crippen LogP contribution in [0, 0.1) is 5.92 Å². The largest absolute Gasteiger partial charge is 0.508 e. The molecule has 0 unspecified atom stereocenters. The van der Waals surface area contributed by atoms with Crippen molar-refractivity contribution < 1.29 is 20.1 Å². The second-order valence-electron chi connectivity index (χ2n) is 4.73. The van der Waals surface area contributed by atoms with E-state index in [-0.39, 0.29) is 11.5 Å². The minimum atomic E-state index is -0.860. The van der Waals surface area contributed by atoms with Gasteiger partial charge in [0.25, 0.3) is 0 Å². The quantitative estimate of drug-likeness (QED) is 0.751. The fourth-order valence-corrected chi connectivity index (χ4v) is 2.36. The van der Waals surface area contributed by atoms with Crippen LogP contribution in [0.15, 0.2) is 18.2 Å². The number of phenolic OH excluding ortho intramolecular Hbond substituents is 2. The molecule has 0 aromatic heterocycles. The zero-order chi connectivity index (χ0) is 13.1. The number of aromatic hydroxyl groups is 2. The second kappa shape index (κ2) is 5.16. The standard InChI is InChI=1S/C13H17NO4/c15-11-2-1-10(12(16)8-11)7-9-3-5-14(6-4-9)13(17)18/h1-2,8-9,15-16H,3-7H2,(H,17,18). The Hall–Kier alpha value is -1.91. The highest BCUT2D eigenvalue weighted by atomic mass is 16.4. The third kappa shape index (κ3) is 2.85. The molecule has 1 aliphatic rings. The van der Waals surface area contributed by atoms with E-state index in [1.807, 2.05) is 0 Å². The molecule has 0 atom stereocenters. The van der Waals surface area contributed by atoms with E-state index < -0.39 is 6.09 Å². The zero-order valence-corrected chi connectivity index (χ0v) is 10.0. The van der Waals surface area contributed by atoms with Crippen molar-refractivity contribution in [1.29, 1.82) is 0 Å². The molecule has 0 saturated carbocycles. The van der Waals surface area contributed by atoms with Crippen molar-refractivity contribution in [2.75, 3.05) is 13.1 Å². The van der Waals surface area contributed by atoms with Gasteiger partial charge in [0.1, 0.15) is 11.5 Å². The first-order valence-electron chi connectivity index (χ1n) is 6.05. The van der Waals surface area contributed by atoms with E-state index in [2.05, 4.69) is 0 Å². The Labute approximate surface area is 105 Å². The van der Waals surface area contributed by atoms with Gasteiger partial charge in [0, 0.05) is 19.2 Å². The van der Waals surface area contributed by atoms with E-state index >= 15 is 0 Å². The maximum atomic E-state index is 10.8. The van der Waals surface area contributed by atoms with E-state index in [1.165, 1.54) is 11.0 Å². The molecule has 0 bridgehead atoms. The Morgan fingerprint density at radius 2 is 1.94 bits per heavy atom. The predicted molar refractivity (Wildman–Crippen MR) is 65.8 cm³/mol. The van der Waals surface area contributed by atoms with E-state index in [0.717, 1.165) is 24.8 Å². The van der Waals surface area contributed by atoms with Crippen LogP contribution in [0.2, 0.25) is 0 Å². The summed E-state index contributed by atoms with van der Waals surface area (Å²) in [7, 11) is 0. The first-order chi connectivity index (χ1) is 8.56. The van der Waals surface area contributed by atoms with Gasteiger partial charge in [-0.3, -0.25) is 0 Å². The van der Waals surface area contributed by atoms with Gasteiger partial charge in [0.2, 0.25) is 0 Å². The molecule has 18 heavy (non-hydrogen) atoms. The number of carbonyl (C=O) groups is 1. The molecule has 1 aliphatic heterocycles. The molecule has 2 rings (SSSR count). The molecule has 98 valence electrons. The van der Waals surface area contributed by atoms with Crippen LogP contribution in [0.3, 0.4) is 0 Å². The van der Waals surface area contributed by atoms with E-state index in [1.54, 1.807) is 12.1 Å². The monoisotopic (exact) mass is 251 g/mol. The Kier molecular flexibility index (Phi) is 3.60. The van der Waals surface area contributed by atoms with Gasteiger partial charge in [-0.2, -0.15) is 0 Å². The molecule has 1 aromatic carbocycles. The van der Waals surface area contributed by atoms with Crippen LogP contribution >= 0.6 is 0 Å². The van der Waals surface area contributed by atoms with Crippen molar-refractivity contribution in [2.45, 2.75) is 19.3 Å². The number of phenols is 2. The number of nitrogens with zero attached hydrogens (tertiary/aromatic N) is 1. The number of piperidine rings is 1. The van der Waals surface area contributed by atoms with Crippen LogP contribution in [-0.4, -0.2) is 39.4 Å². The summed E-state index contributed by atoms with van der Waals surface area (Å²) in [6, 6.07) is 4.61. The van der Waals surface area contributed by atoms with Crippen LogP contribution in [-0.2, 0) is 6.42 Å². The van der Waals surface area contributed by atoms with Gasteiger partial charge in [-0.1, -0.05) is 6.07 Å². The van der Waals surface area contributed by atoms with Crippen molar-refractivity contribution in [3.63, 3.8) is 0 Å². The highest BCUT2D eigenvalue weighted by Gasteiger charge is 2.23. The maximum Gasteiger partial charge on any atom is 0.407 e. The number of hydrogen-bond donors (Lipinski definition) is 3. The number of benzene rings is 1. The summed E-state index contributed by atoms with van der Waals surface area (Å²) in [6.45, 7) is 1.11.